The average Bonchev–Trinajstić information content (AvgIpc) is 2.89. The minimum Gasteiger partial charge on any atom is -0.313 e. The van der Waals surface area contributed by atoms with Gasteiger partial charge in [0.25, 0.3) is 0 Å². The molecule has 4 aliphatic carbocycles. The summed E-state index contributed by atoms with van der Waals surface area (Å²) in [6.45, 7) is 7.66. The van der Waals surface area contributed by atoms with Crippen LogP contribution in [0, 0.1) is 23.2 Å². The Morgan fingerprint density at radius 2 is 1.71 bits per heavy atom. The smallest absolute Gasteiger partial charge is 0.0195 e. The summed E-state index contributed by atoms with van der Waals surface area (Å²) in [5.41, 5.74) is 0.725. The van der Waals surface area contributed by atoms with E-state index in [1.807, 2.05) is 0 Å². The predicted octanol–water partition coefficient (Wildman–Crippen LogP) is 3.67. The molecule has 1 N–H and O–H groups in total. The highest BCUT2D eigenvalue weighted by atomic mass is 15.2. The molecule has 4 bridgehead atoms. The van der Waals surface area contributed by atoms with Gasteiger partial charge in [-0.05, 0) is 94.0 Å². The average molecular weight is 290 g/mol. The fraction of sp³-hybridized carbons (Fsp3) is 1.00. The zero-order valence-electron chi connectivity index (χ0n) is 13.9. The van der Waals surface area contributed by atoms with Crippen molar-refractivity contribution in [3.63, 3.8) is 0 Å². The molecule has 0 spiro atoms. The van der Waals surface area contributed by atoms with Gasteiger partial charge in [-0.2, -0.15) is 0 Å². The Morgan fingerprint density at radius 1 is 1.05 bits per heavy atom. The van der Waals surface area contributed by atoms with Crippen LogP contribution in [0.2, 0.25) is 0 Å². The molecule has 0 amide bonds. The van der Waals surface area contributed by atoms with E-state index in [0.717, 1.165) is 29.2 Å². The molecule has 2 heteroatoms. The second kappa shape index (κ2) is 5.85. The third-order valence-electron chi connectivity index (χ3n) is 6.90. The van der Waals surface area contributed by atoms with Crippen molar-refractivity contribution in [3.05, 3.63) is 0 Å². The van der Waals surface area contributed by atoms with Gasteiger partial charge in [0.15, 0.2) is 0 Å². The van der Waals surface area contributed by atoms with Gasteiger partial charge in [-0.1, -0.05) is 6.92 Å². The van der Waals surface area contributed by atoms with Crippen LogP contribution in [0.1, 0.15) is 64.7 Å². The standard InChI is InChI=1S/C19H34N2/c1-2-6-21(13-18-4-3-5-20-18)14-19-10-15-7-16(11-19)9-17(8-15)12-19/h15-18,20H,2-14H2,1H3. The number of rotatable bonds is 6. The first-order valence-corrected chi connectivity index (χ1v) is 9.70. The van der Waals surface area contributed by atoms with E-state index in [1.165, 1.54) is 45.4 Å². The lowest BCUT2D eigenvalue weighted by Crippen LogP contribution is -2.52. The first-order valence-electron chi connectivity index (χ1n) is 9.70. The van der Waals surface area contributed by atoms with E-state index in [9.17, 15) is 0 Å². The minimum absolute atomic E-state index is 0.725. The lowest BCUT2D eigenvalue weighted by molar-refractivity contribution is -0.0697. The fourth-order valence-corrected chi connectivity index (χ4v) is 6.73. The van der Waals surface area contributed by atoms with Gasteiger partial charge in [0.2, 0.25) is 0 Å². The van der Waals surface area contributed by atoms with Crippen molar-refractivity contribution in [1.82, 2.24) is 10.2 Å². The van der Waals surface area contributed by atoms with Crippen molar-refractivity contribution in [1.29, 1.82) is 0 Å². The predicted molar refractivity (Wildman–Crippen MR) is 88.4 cm³/mol. The van der Waals surface area contributed by atoms with Gasteiger partial charge >= 0.3 is 0 Å². The molecule has 0 aromatic heterocycles. The SMILES string of the molecule is CCCN(CC1CCCN1)CC12CC3CC(CC(C3)C1)C2. The highest BCUT2D eigenvalue weighted by molar-refractivity contribution is 5.02. The third-order valence-corrected chi connectivity index (χ3v) is 6.90. The van der Waals surface area contributed by atoms with Crippen LogP contribution in [0.25, 0.3) is 0 Å². The summed E-state index contributed by atoms with van der Waals surface area (Å²) in [6, 6.07) is 0.783. The molecule has 21 heavy (non-hydrogen) atoms. The number of nitrogens with one attached hydrogen (secondary N) is 1. The van der Waals surface area contributed by atoms with E-state index >= 15 is 0 Å². The van der Waals surface area contributed by atoms with Crippen LogP contribution in [-0.4, -0.2) is 37.1 Å². The van der Waals surface area contributed by atoms with E-state index in [1.54, 1.807) is 38.5 Å². The molecule has 1 aliphatic heterocycles. The molecule has 1 saturated heterocycles. The molecule has 4 saturated carbocycles. The third kappa shape index (κ3) is 3.03. The van der Waals surface area contributed by atoms with Crippen LogP contribution in [0.4, 0.5) is 0 Å². The molecule has 5 rings (SSSR count). The molecule has 0 aromatic carbocycles. The van der Waals surface area contributed by atoms with Gasteiger partial charge in [0.05, 0.1) is 0 Å². The Morgan fingerprint density at radius 3 is 2.24 bits per heavy atom. The maximum atomic E-state index is 3.71. The minimum atomic E-state index is 0.725. The molecular formula is C19H34N2. The molecule has 1 heterocycles. The van der Waals surface area contributed by atoms with Crippen LogP contribution < -0.4 is 5.32 Å². The van der Waals surface area contributed by atoms with E-state index in [-0.39, 0.29) is 0 Å². The topological polar surface area (TPSA) is 15.3 Å². The second-order valence-electron chi connectivity index (χ2n) is 8.95. The Labute approximate surface area is 131 Å². The van der Waals surface area contributed by atoms with Gasteiger partial charge in [-0.25, -0.2) is 0 Å². The fourth-order valence-electron chi connectivity index (χ4n) is 6.73. The van der Waals surface area contributed by atoms with Gasteiger partial charge in [-0.15, -0.1) is 0 Å². The van der Waals surface area contributed by atoms with Gasteiger partial charge in [0, 0.05) is 19.1 Å². The van der Waals surface area contributed by atoms with Crippen molar-refractivity contribution in [3.8, 4) is 0 Å². The molecule has 5 fully saturated rings. The Balaban J connectivity index is 1.42. The number of nitrogens with zero attached hydrogens (tertiary/aromatic N) is 1. The van der Waals surface area contributed by atoms with Gasteiger partial charge < -0.3 is 10.2 Å². The van der Waals surface area contributed by atoms with Crippen LogP contribution in [0.3, 0.4) is 0 Å². The zero-order valence-corrected chi connectivity index (χ0v) is 13.9. The summed E-state index contributed by atoms with van der Waals surface area (Å²) in [5.74, 6) is 3.30. The lowest BCUT2D eigenvalue weighted by Gasteiger charge is -2.58. The highest BCUT2D eigenvalue weighted by Crippen LogP contribution is 2.60. The van der Waals surface area contributed by atoms with Crippen molar-refractivity contribution in [2.24, 2.45) is 23.2 Å². The lowest BCUT2D eigenvalue weighted by atomic mass is 9.49. The van der Waals surface area contributed by atoms with Crippen LogP contribution >= 0.6 is 0 Å². The number of hydrogen-bond acceptors (Lipinski definition) is 2. The van der Waals surface area contributed by atoms with Crippen molar-refractivity contribution >= 4 is 0 Å². The highest BCUT2D eigenvalue weighted by Gasteiger charge is 2.51. The van der Waals surface area contributed by atoms with Gasteiger partial charge in [-0.3, -0.25) is 0 Å². The second-order valence-corrected chi connectivity index (χ2v) is 8.95. The van der Waals surface area contributed by atoms with E-state index in [0.29, 0.717) is 0 Å². The van der Waals surface area contributed by atoms with Crippen LogP contribution in [0.15, 0.2) is 0 Å². The molecule has 0 radical (unpaired) electrons. The monoisotopic (exact) mass is 290 g/mol. The van der Waals surface area contributed by atoms with Gasteiger partial charge in [0.1, 0.15) is 0 Å². The van der Waals surface area contributed by atoms with Crippen LogP contribution in [0.5, 0.6) is 0 Å². The Hall–Kier alpha value is -0.0800. The van der Waals surface area contributed by atoms with Crippen molar-refractivity contribution < 1.29 is 0 Å². The Bertz CT molecular complexity index is 323. The Kier molecular flexibility index (Phi) is 4.04. The zero-order chi connectivity index (χ0) is 14.3. The summed E-state index contributed by atoms with van der Waals surface area (Å²) in [5, 5.41) is 3.71. The van der Waals surface area contributed by atoms with E-state index in [4.69, 9.17) is 0 Å². The normalized spacial score (nSPS) is 44.9. The van der Waals surface area contributed by atoms with Crippen molar-refractivity contribution in [2.75, 3.05) is 26.2 Å². The summed E-state index contributed by atoms with van der Waals surface area (Å²) < 4.78 is 0. The summed E-state index contributed by atoms with van der Waals surface area (Å²) >= 11 is 0. The van der Waals surface area contributed by atoms with Crippen LogP contribution in [-0.2, 0) is 0 Å². The maximum absolute atomic E-state index is 3.71. The van der Waals surface area contributed by atoms with E-state index in [2.05, 4.69) is 17.1 Å². The first kappa shape index (κ1) is 14.5. The van der Waals surface area contributed by atoms with E-state index < -0.39 is 0 Å². The first-order chi connectivity index (χ1) is 10.2. The maximum Gasteiger partial charge on any atom is 0.0195 e. The summed E-state index contributed by atoms with van der Waals surface area (Å²) in [6.07, 6.45) is 13.6. The summed E-state index contributed by atoms with van der Waals surface area (Å²) in [4.78, 5) is 2.84. The quantitative estimate of drug-likeness (QED) is 0.803. The molecule has 1 atom stereocenters. The molecule has 5 aliphatic rings. The summed E-state index contributed by atoms with van der Waals surface area (Å²) in [7, 11) is 0. The molecule has 2 nitrogen and oxygen atoms in total. The molecule has 0 aromatic rings. The number of hydrogen-bond donors (Lipinski definition) is 1. The van der Waals surface area contributed by atoms with Crippen molar-refractivity contribution in [2.45, 2.75) is 70.8 Å². The molecule has 120 valence electrons. The molecule has 1 unspecified atom stereocenters. The largest absolute Gasteiger partial charge is 0.313 e. The molecular weight excluding hydrogens is 256 g/mol.